The maximum Gasteiger partial charge on any atom is 0.472 e. The molecule has 0 aromatic carbocycles. The minimum atomic E-state index is -4.46. The van der Waals surface area contributed by atoms with Crippen LogP contribution in [-0.4, -0.2) is 74.3 Å². The van der Waals surface area contributed by atoms with Gasteiger partial charge in [0, 0.05) is 12.8 Å². The van der Waals surface area contributed by atoms with Crippen molar-refractivity contribution in [1.29, 1.82) is 0 Å². The van der Waals surface area contributed by atoms with Crippen molar-refractivity contribution in [2.24, 2.45) is 0 Å². The number of phosphoric acid groups is 1. The van der Waals surface area contributed by atoms with Crippen LogP contribution in [-0.2, 0) is 27.9 Å². The Morgan fingerprint density at radius 1 is 0.432 bits per heavy atom. The van der Waals surface area contributed by atoms with Gasteiger partial charge in [0.15, 0.2) is 0 Å². The summed E-state index contributed by atoms with van der Waals surface area (Å²) < 4.78 is 30.8. The predicted octanol–water partition coefficient (Wildman–Crippen LogP) is 21.6. The van der Waals surface area contributed by atoms with E-state index in [-0.39, 0.29) is 31.5 Å². The molecule has 0 fully saturated rings. The van der Waals surface area contributed by atoms with E-state index in [2.05, 4.69) is 86.8 Å². The number of likely N-dealkylation sites (N-methyl/N-ethyl adjacent to an activating group) is 1. The van der Waals surface area contributed by atoms with Gasteiger partial charge in [0.1, 0.15) is 19.3 Å². The van der Waals surface area contributed by atoms with E-state index in [9.17, 15) is 19.0 Å². The monoisotopic (exact) mass is 1160 g/mol. The molecule has 81 heavy (non-hydrogen) atoms. The van der Waals surface area contributed by atoms with Crippen molar-refractivity contribution in [2.75, 3.05) is 40.9 Å². The minimum Gasteiger partial charge on any atom is -0.456 e. The summed E-state index contributed by atoms with van der Waals surface area (Å²) >= 11 is 0. The number of unbranched alkanes of at least 4 members (excludes halogenated alkanes) is 36. The molecule has 0 heterocycles. The number of carbonyl (C=O) groups is 2. The average molecular weight is 1160 g/mol. The van der Waals surface area contributed by atoms with Crippen LogP contribution >= 0.6 is 7.82 Å². The second kappa shape index (κ2) is 60.6. The molecule has 0 saturated carbocycles. The molecule has 0 rings (SSSR count). The third-order valence-electron chi connectivity index (χ3n) is 15.1. The van der Waals surface area contributed by atoms with Crippen molar-refractivity contribution in [2.45, 2.75) is 328 Å². The van der Waals surface area contributed by atoms with Crippen LogP contribution in [0.3, 0.4) is 0 Å². The third kappa shape index (κ3) is 61.8. The number of quaternary nitrogens is 1. The minimum absolute atomic E-state index is 0.0355. The summed E-state index contributed by atoms with van der Waals surface area (Å²) in [4.78, 5) is 37.8. The lowest BCUT2D eigenvalue weighted by molar-refractivity contribution is -0.870. The fraction of sp³-hybridized carbons (Fsp3) is 0.803. The van der Waals surface area contributed by atoms with Gasteiger partial charge in [-0.25, -0.2) is 4.57 Å². The molecule has 0 aliphatic rings. The quantitative estimate of drug-likeness (QED) is 0.0205. The van der Waals surface area contributed by atoms with Gasteiger partial charge in [-0.3, -0.25) is 18.6 Å². The lowest BCUT2D eigenvalue weighted by atomic mass is 10.0. The first kappa shape index (κ1) is 78.5. The molecule has 1 amide bonds. The van der Waals surface area contributed by atoms with Crippen molar-refractivity contribution in [3.8, 4) is 0 Å². The van der Waals surface area contributed by atoms with Crippen LogP contribution in [0.4, 0.5) is 0 Å². The zero-order chi connectivity index (χ0) is 59.3. The van der Waals surface area contributed by atoms with Gasteiger partial charge in [-0.15, -0.1) is 0 Å². The Balaban J connectivity index is 5.11. The maximum atomic E-state index is 13.6. The number of phosphoric ester groups is 1. The molecule has 0 bridgehead atoms. The molecule has 0 aromatic rings. The highest BCUT2D eigenvalue weighted by Crippen LogP contribution is 2.43. The van der Waals surface area contributed by atoms with Crippen LogP contribution < -0.4 is 5.32 Å². The van der Waals surface area contributed by atoms with Crippen LogP contribution in [0, 0.1) is 0 Å². The lowest BCUT2D eigenvalue weighted by Crippen LogP contribution is -2.47. The van der Waals surface area contributed by atoms with E-state index in [1.165, 1.54) is 186 Å². The van der Waals surface area contributed by atoms with Crippen LogP contribution in [0.2, 0.25) is 0 Å². The molecule has 3 unspecified atom stereocenters. The normalized spacial score (nSPS) is 14.0. The molecule has 472 valence electrons. The Morgan fingerprint density at radius 3 is 1.16 bits per heavy atom. The molecule has 0 spiro atoms. The summed E-state index contributed by atoms with van der Waals surface area (Å²) in [6.07, 6.45) is 79.1. The average Bonchev–Trinajstić information content (AvgIpc) is 3.43. The van der Waals surface area contributed by atoms with Crippen LogP contribution in [0.15, 0.2) is 72.9 Å². The van der Waals surface area contributed by atoms with Gasteiger partial charge in [0.2, 0.25) is 5.91 Å². The number of nitrogens with one attached hydrogen (secondary N) is 1. The predicted molar refractivity (Wildman–Crippen MR) is 351 cm³/mol. The molecule has 3 atom stereocenters. The summed E-state index contributed by atoms with van der Waals surface area (Å²) in [6, 6.07) is -0.859. The third-order valence-corrected chi connectivity index (χ3v) is 16.1. The summed E-state index contributed by atoms with van der Waals surface area (Å²) in [5.74, 6) is -0.520. The summed E-state index contributed by atoms with van der Waals surface area (Å²) in [7, 11) is 1.49. The second-order valence-corrected chi connectivity index (χ2v) is 25.8. The molecule has 0 aliphatic heterocycles. The van der Waals surface area contributed by atoms with E-state index in [1.807, 2.05) is 33.3 Å². The Kier molecular flexibility index (Phi) is 58.7. The number of hydrogen-bond acceptors (Lipinski definition) is 6. The Labute approximate surface area is 502 Å². The Hall–Kier alpha value is -2.55. The van der Waals surface area contributed by atoms with Crippen LogP contribution in [0.25, 0.3) is 0 Å². The number of nitrogens with zero attached hydrogens (tertiary/aromatic N) is 1. The van der Waals surface area contributed by atoms with E-state index in [4.69, 9.17) is 13.8 Å². The van der Waals surface area contributed by atoms with Gasteiger partial charge in [-0.05, 0) is 102 Å². The SMILES string of the molecule is CCCCC/C=C\C/C=C\C/C=C\C/C=C\CCCCCCCC(=O)OC(/C=C/CCCCCCCCCCC)C(COP(=O)(O)OCC[N+](C)(C)C)NC(=O)CCCCCCCCCCCCCCC/C=C/CCCCCCCC. The van der Waals surface area contributed by atoms with Crippen molar-refractivity contribution in [3.05, 3.63) is 72.9 Å². The number of allylic oxidation sites excluding steroid dienone is 11. The van der Waals surface area contributed by atoms with Crippen LogP contribution in [0.5, 0.6) is 0 Å². The number of esters is 1. The molecule has 10 heteroatoms. The topological polar surface area (TPSA) is 111 Å². The molecule has 0 aromatic heterocycles. The Morgan fingerprint density at radius 2 is 0.753 bits per heavy atom. The molecular formula is C71H132N2O7P+. The van der Waals surface area contributed by atoms with E-state index in [1.54, 1.807) is 0 Å². The number of carbonyl (C=O) groups excluding carboxylic acids is 2. The van der Waals surface area contributed by atoms with Crippen molar-refractivity contribution >= 4 is 19.7 Å². The zero-order valence-corrected chi connectivity index (χ0v) is 54.9. The second-order valence-electron chi connectivity index (χ2n) is 24.3. The highest BCUT2D eigenvalue weighted by atomic mass is 31.2. The molecule has 0 aliphatic carbocycles. The van der Waals surface area contributed by atoms with Gasteiger partial charge >= 0.3 is 13.8 Å². The Bertz CT molecular complexity index is 1620. The van der Waals surface area contributed by atoms with Gasteiger partial charge < -0.3 is 19.4 Å². The van der Waals surface area contributed by atoms with E-state index < -0.39 is 20.0 Å². The first-order valence-electron chi connectivity index (χ1n) is 34.3. The number of ether oxygens (including phenoxy) is 1. The van der Waals surface area contributed by atoms with E-state index in [0.29, 0.717) is 17.4 Å². The maximum absolute atomic E-state index is 13.6. The molecule has 0 saturated heterocycles. The zero-order valence-electron chi connectivity index (χ0n) is 54.0. The van der Waals surface area contributed by atoms with Crippen molar-refractivity contribution in [3.63, 3.8) is 0 Å². The number of rotatable bonds is 62. The lowest BCUT2D eigenvalue weighted by Gasteiger charge is -2.27. The van der Waals surface area contributed by atoms with Crippen molar-refractivity contribution < 1.29 is 37.3 Å². The largest absolute Gasteiger partial charge is 0.472 e. The first-order chi connectivity index (χ1) is 39.4. The van der Waals surface area contributed by atoms with Gasteiger partial charge in [0.05, 0.1) is 33.8 Å². The van der Waals surface area contributed by atoms with Crippen LogP contribution in [0.1, 0.15) is 316 Å². The standard InChI is InChI=1S/C71H131N2O7P/c1-7-10-13-16-19-22-25-27-29-31-33-35-36-38-39-41-43-45-48-51-54-57-60-63-70(74)72-68(67-79-81(76,77)78-66-65-73(4,5)6)69(62-59-56-53-50-47-24-21-18-15-12-9-3)80-71(75)64-61-58-55-52-49-46-44-42-40-37-34-32-30-28-26-23-20-17-14-11-8-2/h20,23,27-30,34,37,42,44,59,62,68-69H,7-19,21-22,24-26,31-33,35-36,38-41,43,45-58,60-61,63-67H2,1-6H3,(H-,72,74,76,77)/p+1/b23-20-,29-27+,30-28-,37-34-,44-42-,62-59+. The molecule has 2 N–H and O–H groups in total. The summed E-state index contributed by atoms with van der Waals surface area (Å²) in [5.41, 5.74) is 0. The highest BCUT2D eigenvalue weighted by molar-refractivity contribution is 7.47. The molecule has 9 nitrogen and oxygen atoms in total. The fourth-order valence-corrected chi connectivity index (χ4v) is 10.5. The van der Waals surface area contributed by atoms with Gasteiger partial charge in [-0.1, -0.05) is 274 Å². The number of hydrogen-bond donors (Lipinski definition) is 2. The van der Waals surface area contributed by atoms with E-state index in [0.717, 1.165) is 96.3 Å². The fourth-order valence-electron chi connectivity index (χ4n) is 9.80. The molecular weight excluding hydrogens is 1020 g/mol. The van der Waals surface area contributed by atoms with E-state index >= 15 is 0 Å². The van der Waals surface area contributed by atoms with Crippen molar-refractivity contribution in [1.82, 2.24) is 5.32 Å². The number of amides is 1. The first-order valence-corrected chi connectivity index (χ1v) is 35.8. The highest BCUT2D eigenvalue weighted by Gasteiger charge is 2.30. The van der Waals surface area contributed by atoms with Gasteiger partial charge in [0.25, 0.3) is 0 Å². The summed E-state index contributed by atoms with van der Waals surface area (Å²) in [5, 5.41) is 3.06. The molecule has 0 radical (unpaired) electrons. The summed E-state index contributed by atoms with van der Waals surface area (Å²) in [6.45, 7) is 6.99. The smallest absolute Gasteiger partial charge is 0.456 e. The van der Waals surface area contributed by atoms with Gasteiger partial charge in [-0.2, -0.15) is 0 Å².